The van der Waals surface area contributed by atoms with Gasteiger partial charge in [-0.3, -0.25) is 4.68 Å². The Kier molecular flexibility index (Phi) is 4.86. The largest absolute Gasteiger partial charge is 0.358 e. The molecule has 0 aliphatic carbocycles. The first-order chi connectivity index (χ1) is 9.45. The Hall–Kier alpha value is -1.30. The predicted molar refractivity (Wildman–Crippen MR) is 87.5 cm³/mol. The lowest BCUT2D eigenvalue weighted by Gasteiger charge is -2.11. The minimum atomic E-state index is 0.484. The number of halogens is 2. The number of anilines is 1. The molecule has 2 rings (SSSR count). The molecule has 0 bridgehead atoms. The van der Waals surface area contributed by atoms with E-state index in [0.29, 0.717) is 27.4 Å². The number of hydrogen-bond acceptors (Lipinski definition) is 2. The maximum atomic E-state index is 6.06. The van der Waals surface area contributed by atoms with E-state index >= 15 is 0 Å². The van der Waals surface area contributed by atoms with Crippen LogP contribution >= 0.6 is 35.4 Å². The van der Waals surface area contributed by atoms with Gasteiger partial charge < -0.3 is 10.6 Å². The highest BCUT2D eigenvalue weighted by Gasteiger charge is 2.06. The van der Waals surface area contributed by atoms with Crippen molar-refractivity contribution in [3.63, 3.8) is 0 Å². The Morgan fingerprint density at radius 1 is 1.40 bits per heavy atom. The van der Waals surface area contributed by atoms with Crippen molar-refractivity contribution in [1.29, 1.82) is 0 Å². The summed E-state index contributed by atoms with van der Waals surface area (Å²) in [5.41, 5.74) is 2.75. The third-order valence-electron chi connectivity index (χ3n) is 2.73. The minimum Gasteiger partial charge on any atom is -0.358 e. The van der Waals surface area contributed by atoms with Gasteiger partial charge in [-0.1, -0.05) is 23.2 Å². The summed E-state index contributed by atoms with van der Waals surface area (Å²) >= 11 is 17.2. The third-order valence-corrected chi connectivity index (χ3v) is 3.54. The molecule has 0 unspecified atom stereocenters. The molecule has 0 aliphatic rings. The summed E-state index contributed by atoms with van der Waals surface area (Å²) in [6, 6.07) is 5.18. The quantitative estimate of drug-likeness (QED) is 0.846. The van der Waals surface area contributed by atoms with Crippen LogP contribution in [0.3, 0.4) is 0 Å². The highest BCUT2D eigenvalue weighted by molar-refractivity contribution is 7.80. The number of aryl methyl sites for hydroxylation is 2. The first kappa shape index (κ1) is 15.1. The summed E-state index contributed by atoms with van der Waals surface area (Å²) in [6.45, 7) is 2.56. The second-order valence-electron chi connectivity index (χ2n) is 4.35. The molecular formula is C13H14Cl2N4S. The van der Waals surface area contributed by atoms with Crippen molar-refractivity contribution in [3.05, 3.63) is 45.7 Å². The number of hydrogen-bond donors (Lipinski definition) is 2. The van der Waals surface area contributed by atoms with Crippen LogP contribution in [-0.2, 0) is 13.6 Å². The van der Waals surface area contributed by atoms with E-state index in [4.69, 9.17) is 35.4 Å². The normalized spacial score (nSPS) is 10.4. The molecule has 4 nitrogen and oxygen atoms in total. The molecule has 1 heterocycles. The van der Waals surface area contributed by atoms with E-state index in [-0.39, 0.29) is 0 Å². The van der Waals surface area contributed by atoms with Crippen LogP contribution in [0.25, 0.3) is 0 Å². The van der Waals surface area contributed by atoms with Gasteiger partial charge in [-0.2, -0.15) is 5.10 Å². The maximum Gasteiger partial charge on any atom is 0.171 e. The summed E-state index contributed by atoms with van der Waals surface area (Å²) < 4.78 is 1.77. The maximum absolute atomic E-state index is 6.06. The van der Waals surface area contributed by atoms with Crippen LogP contribution in [0.4, 0.5) is 5.69 Å². The van der Waals surface area contributed by atoms with Crippen molar-refractivity contribution >= 4 is 46.2 Å². The molecule has 0 amide bonds. The Morgan fingerprint density at radius 2 is 2.15 bits per heavy atom. The second kappa shape index (κ2) is 6.43. The zero-order chi connectivity index (χ0) is 14.7. The van der Waals surface area contributed by atoms with Gasteiger partial charge in [0.05, 0.1) is 16.4 Å². The van der Waals surface area contributed by atoms with Gasteiger partial charge in [0.15, 0.2) is 5.11 Å². The number of nitrogens with one attached hydrogen (secondary N) is 2. The van der Waals surface area contributed by atoms with Gasteiger partial charge in [-0.15, -0.1) is 0 Å². The van der Waals surface area contributed by atoms with Crippen molar-refractivity contribution in [2.75, 3.05) is 5.32 Å². The van der Waals surface area contributed by atoms with Crippen LogP contribution in [0.1, 0.15) is 11.3 Å². The summed E-state index contributed by atoms with van der Waals surface area (Å²) in [4.78, 5) is 0. The highest BCUT2D eigenvalue weighted by atomic mass is 35.5. The first-order valence-electron chi connectivity index (χ1n) is 5.94. The van der Waals surface area contributed by atoms with Gasteiger partial charge in [0.1, 0.15) is 0 Å². The van der Waals surface area contributed by atoms with Crippen molar-refractivity contribution in [3.8, 4) is 0 Å². The van der Waals surface area contributed by atoms with E-state index in [0.717, 1.165) is 11.3 Å². The molecule has 2 N–H and O–H groups in total. The fourth-order valence-electron chi connectivity index (χ4n) is 1.76. The molecule has 0 atom stereocenters. The molecule has 106 valence electrons. The Labute approximate surface area is 133 Å². The molecule has 7 heteroatoms. The Morgan fingerprint density at radius 3 is 2.80 bits per heavy atom. The molecule has 1 aromatic heterocycles. The van der Waals surface area contributed by atoms with Gasteiger partial charge >= 0.3 is 0 Å². The van der Waals surface area contributed by atoms with Crippen molar-refractivity contribution < 1.29 is 0 Å². The molecule has 0 aliphatic heterocycles. The zero-order valence-electron chi connectivity index (χ0n) is 11.1. The highest BCUT2D eigenvalue weighted by Crippen LogP contribution is 2.25. The van der Waals surface area contributed by atoms with Crippen LogP contribution in [-0.4, -0.2) is 14.9 Å². The molecular weight excluding hydrogens is 315 g/mol. The van der Waals surface area contributed by atoms with Crippen LogP contribution in [0.2, 0.25) is 10.0 Å². The summed E-state index contributed by atoms with van der Waals surface area (Å²) in [5, 5.41) is 12.1. The fourth-order valence-corrected chi connectivity index (χ4v) is 2.28. The summed E-state index contributed by atoms with van der Waals surface area (Å²) in [5.74, 6) is 0. The van der Waals surface area contributed by atoms with E-state index in [2.05, 4.69) is 15.7 Å². The molecule has 1 aromatic carbocycles. The first-order valence-corrected chi connectivity index (χ1v) is 7.11. The predicted octanol–water partition coefficient (Wildman–Crippen LogP) is 3.52. The average molecular weight is 329 g/mol. The Balaban J connectivity index is 1.96. The molecule has 20 heavy (non-hydrogen) atoms. The van der Waals surface area contributed by atoms with E-state index in [1.54, 1.807) is 22.9 Å². The second-order valence-corrected chi connectivity index (χ2v) is 5.60. The molecule has 2 aromatic rings. The van der Waals surface area contributed by atoms with Gasteiger partial charge in [0.2, 0.25) is 0 Å². The third kappa shape index (κ3) is 3.85. The van der Waals surface area contributed by atoms with Gasteiger partial charge in [0, 0.05) is 30.4 Å². The lowest BCUT2D eigenvalue weighted by molar-refractivity contribution is 0.756. The zero-order valence-corrected chi connectivity index (χ0v) is 13.4. The van der Waals surface area contributed by atoms with Crippen molar-refractivity contribution in [2.45, 2.75) is 13.5 Å². The summed E-state index contributed by atoms with van der Waals surface area (Å²) in [6.07, 6.45) is 1.96. The molecule has 0 saturated heterocycles. The minimum absolute atomic E-state index is 0.484. The standard InChI is InChI=1S/C13H14Cl2N4S/c1-8-9(7-19(2)18-8)6-16-13(20)17-12-5-10(14)3-4-11(12)15/h3-5,7H,6H2,1-2H3,(H2,16,17,20). The number of aromatic nitrogens is 2. The van der Waals surface area contributed by atoms with E-state index in [9.17, 15) is 0 Å². The monoisotopic (exact) mass is 328 g/mol. The molecule has 0 radical (unpaired) electrons. The average Bonchev–Trinajstić information content (AvgIpc) is 2.70. The van der Waals surface area contributed by atoms with E-state index in [1.165, 1.54) is 0 Å². The number of thiocarbonyl (C=S) groups is 1. The lowest BCUT2D eigenvalue weighted by Crippen LogP contribution is -2.28. The number of nitrogens with zero attached hydrogens (tertiary/aromatic N) is 2. The number of benzene rings is 1. The smallest absolute Gasteiger partial charge is 0.171 e. The van der Waals surface area contributed by atoms with Crippen molar-refractivity contribution in [2.24, 2.45) is 7.05 Å². The lowest BCUT2D eigenvalue weighted by atomic mass is 10.3. The SMILES string of the molecule is Cc1nn(C)cc1CNC(=S)Nc1cc(Cl)ccc1Cl. The molecule has 0 saturated carbocycles. The molecule has 0 fully saturated rings. The van der Waals surface area contributed by atoms with Crippen LogP contribution in [0, 0.1) is 6.92 Å². The Bertz CT molecular complexity index is 639. The van der Waals surface area contributed by atoms with Crippen molar-refractivity contribution in [1.82, 2.24) is 15.1 Å². The van der Waals surface area contributed by atoms with Gasteiger partial charge in [-0.25, -0.2) is 0 Å². The van der Waals surface area contributed by atoms with Crippen LogP contribution in [0.15, 0.2) is 24.4 Å². The fraction of sp³-hybridized carbons (Fsp3) is 0.231. The summed E-state index contributed by atoms with van der Waals surface area (Å²) in [7, 11) is 1.89. The number of rotatable bonds is 3. The van der Waals surface area contributed by atoms with Crippen LogP contribution < -0.4 is 10.6 Å². The van der Waals surface area contributed by atoms with E-state index in [1.807, 2.05) is 20.2 Å². The topological polar surface area (TPSA) is 41.9 Å². The van der Waals surface area contributed by atoms with Gasteiger partial charge in [-0.05, 0) is 37.3 Å². The van der Waals surface area contributed by atoms with Gasteiger partial charge in [0.25, 0.3) is 0 Å². The van der Waals surface area contributed by atoms with Crippen LogP contribution in [0.5, 0.6) is 0 Å². The molecule has 0 spiro atoms. The van der Waals surface area contributed by atoms with E-state index < -0.39 is 0 Å².